The van der Waals surface area contributed by atoms with Gasteiger partial charge in [0.15, 0.2) is 0 Å². The standard InChI is InChI=1S/C8H11N2O/c1-2-7-11-8(4-1)10-6-3-5-9-10/h3,6,8H,1-2,4,7H2. The maximum absolute atomic E-state index is 5.50. The number of hydrogen-bond acceptors (Lipinski definition) is 2. The number of rotatable bonds is 1. The largest absolute Gasteiger partial charge is 0.357 e. The molecule has 1 aromatic rings. The average molecular weight is 151 g/mol. The van der Waals surface area contributed by atoms with E-state index in [1.165, 1.54) is 12.8 Å². The summed E-state index contributed by atoms with van der Waals surface area (Å²) in [6.07, 6.45) is 8.32. The van der Waals surface area contributed by atoms with Crippen molar-refractivity contribution in [1.82, 2.24) is 9.78 Å². The summed E-state index contributed by atoms with van der Waals surface area (Å²) in [5.41, 5.74) is 0. The highest BCUT2D eigenvalue weighted by Crippen LogP contribution is 2.20. The zero-order valence-electron chi connectivity index (χ0n) is 6.36. The van der Waals surface area contributed by atoms with Crippen molar-refractivity contribution in [1.29, 1.82) is 0 Å². The van der Waals surface area contributed by atoms with Crippen LogP contribution in [0, 0.1) is 6.20 Å². The van der Waals surface area contributed by atoms with E-state index in [0.717, 1.165) is 13.0 Å². The second-order valence-corrected chi connectivity index (χ2v) is 2.75. The van der Waals surface area contributed by atoms with E-state index >= 15 is 0 Å². The van der Waals surface area contributed by atoms with Gasteiger partial charge in [0, 0.05) is 12.8 Å². The summed E-state index contributed by atoms with van der Waals surface area (Å²) in [6.45, 7) is 0.866. The molecule has 1 aliphatic rings. The van der Waals surface area contributed by atoms with E-state index in [4.69, 9.17) is 4.74 Å². The average Bonchev–Trinajstić information content (AvgIpc) is 2.58. The van der Waals surface area contributed by atoms with Crippen molar-refractivity contribution >= 4 is 0 Å². The Labute approximate surface area is 66.0 Å². The van der Waals surface area contributed by atoms with Crippen LogP contribution in [0.3, 0.4) is 0 Å². The number of aromatic nitrogens is 2. The lowest BCUT2D eigenvalue weighted by Gasteiger charge is -2.22. The number of hydrogen-bond donors (Lipinski definition) is 0. The maximum Gasteiger partial charge on any atom is 0.150 e. The molecule has 0 spiro atoms. The van der Waals surface area contributed by atoms with Crippen LogP contribution in [-0.2, 0) is 4.74 Å². The second kappa shape index (κ2) is 3.05. The summed E-state index contributed by atoms with van der Waals surface area (Å²) in [5.74, 6) is 0. The predicted octanol–water partition coefficient (Wildman–Crippen LogP) is 1.38. The molecule has 2 heterocycles. The van der Waals surface area contributed by atoms with Crippen LogP contribution < -0.4 is 0 Å². The van der Waals surface area contributed by atoms with Crippen LogP contribution in [-0.4, -0.2) is 16.4 Å². The first-order chi connectivity index (χ1) is 5.47. The fraction of sp³-hybridized carbons (Fsp3) is 0.625. The summed E-state index contributed by atoms with van der Waals surface area (Å²) in [5, 5.41) is 4.01. The first-order valence-electron chi connectivity index (χ1n) is 3.99. The van der Waals surface area contributed by atoms with Crippen molar-refractivity contribution in [2.45, 2.75) is 25.5 Å². The third-order valence-electron chi connectivity index (χ3n) is 1.93. The summed E-state index contributed by atoms with van der Waals surface area (Å²) >= 11 is 0. The molecular weight excluding hydrogens is 140 g/mol. The van der Waals surface area contributed by atoms with Gasteiger partial charge in [0.25, 0.3) is 0 Å². The topological polar surface area (TPSA) is 27.1 Å². The summed E-state index contributed by atoms with van der Waals surface area (Å²) in [7, 11) is 0. The molecule has 2 rings (SSSR count). The Balaban J connectivity index is 2.04. The van der Waals surface area contributed by atoms with E-state index < -0.39 is 0 Å². The van der Waals surface area contributed by atoms with Gasteiger partial charge in [0.05, 0.1) is 0 Å². The molecule has 11 heavy (non-hydrogen) atoms. The van der Waals surface area contributed by atoms with Crippen LogP contribution in [0.5, 0.6) is 0 Å². The molecule has 3 heteroatoms. The Kier molecular flexibility index (Phi) is 1.90. The Bertz CT molecular complexity index is 202. The Morgan fingerprint density at radius 3 is 3.18 bits per heavy atom. The molecule has 0 aliphatic carbocycles. The van der Waals surface area contributed by atoms with Crippen molar-refractivity contribution < 1.29 is 4.74 Å². The van der Waals surface area contributed by atoms with E-state index in [9.17, 15) is 0 Å². The van der Waals surface area contributed by atoms with Gasteiger partial charge in [-0.2, -0.15) is 5.10 Å². The molecule has 3 nitrogen and oxygen atoms in total. The maximum atomic E-state index is 5.50. The molecule has 1 aromatic heterocycles. The third kappa shape index (κ3) is 1.43. The fourth-order valence-electron chi connectivity index (χ4n) is 1.34. The lowest BCUT2D eigenvalue weighted by molar-refractivity contribution is -0.0395. The Hall–Kier alpha value is -0.830. The van der Waals surface area contributed by atoms with Gasteiger partial charge >= 0.3 is 0 Å². The zero-order valence-corrected chi connectivity index (χ0v) is 6.36. The molecule has 0 saturated carbocycles. The van der Waals surface area contributed by atoms with Gasteiger partial charge < -0.3 is 4.74 Å². The third-order valence-corrected chi connectivity index (χ3v) is 1.93. The monoisotopic (exact) mass is 151 g/mol. The predicted molar refractivity (Wildman–Crippen MR) is 39.9 cm³/mol. The first-order valence-corrected chi connectivity index (χ1v) is 3.99. The highest BCUT2D eigenvalue weighted by molar-refractivity contribution is 4.78. The molecule has 1 radical (unpaired) electrons. The van der Waals surface area contributed by atoms with E-state index in [-0.39, 0.29) is 6.23 Å². The van der Waals surface area contributed by atoms with Gasteiger partial charge in [-0.1, -0.05) is 0 Å². The minimum atomic E-state index is 0.162. The van der Waals surface area contributed by atoms with Gasteiger partial charge in [-0.3, -0.25) is 0 Å². The molecule has 1 aliphatic heterocycles. The summed E-state index contributed by atoms with van der Waals surface area (Å²) in [4.78, 5) is 0. The Morgan fingerprint density at radius 2 is 2.55 bits per heavy atom. The van der Waals surface area contributed by atoms with Crippen LogP contribution >= 0.6 is 0 Å². The molecule has 0 aromatic carbocycles. The van der Waals surface area contributed by atoms with Gasteiger partial charge in [-0.05, 0) is 25.3 Å². The van der Waals surface area contributed by atoms with Crippen molar-refractivity contribution in [3.63, 3.8) is 0 Å². The highest BCUT2D eigenvalue weighted by Gasteiger charge is 2.14. The van der Waals surface area contributed by atoms with Crippen molar-refractivity contribution in [3.05, 3.63) is 18.5 Å². The van der Waals surface area contributed by atoms with E-state index in [2.05, 4.69) is 11.3 Å². The SMILES string of the molecule is [c]1ccn(C2CCCCO2)n1. The zero-order chi connectivity index (χ0) is 7.52. The highest BCUT2D eigenvalue weighted by atomic mass is 16.5. The second-order valence-electron chi connectivity index (χ2n) is 2.75. The van der Waals surface area contributed by atoms with Crippen LogP contribution in [0.2, 0.25) is 0 Å². The van der Waals surface area contributed by atoms with Gasteiger partial charge in [0.1, 0.15) is 12.4 Å². The van der Waals surface area contributed by atoms with E-state index in [0.29, 0.717) is 0 Å². The molecule has 1 saturated heterocycles. The van der Waals surface area contributed by atoms with Gasteiger partial charge in [0.2, 0.25) is 0 Å². The Morgan fingerprint density at radius 1 is 1.55 bits per heavy atom. The molecule has 0 bridgehead atoms. The normalized spacial score (nSPS) is 25.3. The van der Waals surface area contributed by atoms with Crippen LogP contribution in [0.15, 0.2) is 12.3 Å². The van der Waals surface area contributed by atoms with Crippen LogP contribution in [0.4, 0.5) is 0 Å². The minimum Gasteiger partial charge on any atom is -0.357 e. The molecule has 1 atom stereocenters. The molecule has 0 amide bonds. The van der Waals surface area contributed by atoms with Gasteiger partial charge in [-0.25, -0.2) is 4.68 Å². The molecule has 1 unspecified atom stereocenters. The molecule has 0 N–H and O–H groups in total. The minimum absolute atomic E-state index is 0.162. The number of nitrogens with zero attached hydrogens (tertiary/aromatic N) is 2. The quantitative estimate of drug-likeness (QED) is 0.606. The van der Waals surface area contributed by atoms with Crippen molar-refractivity contribution in [3.8, 4) is 0 Å². The molecular formula is C8H11N2O. The van der Waals surface area contributed by atoms with Crippen LogP contribution in [0.1, 0.15) is 25.5 Å². The smallest absolute Gasteiger partial charge is 0.150 e. The van der Waals surface area contributed by atoms with Crippen LogP contribution in [0.25, 0.3) is 0 Å². The number of ether oxygens (including phenoxy) is 1. The van der Waals surface area contributed by atoms with E-state index in [1.807, 2.05) is 10.9 Å². The molecule has 59 valence electrons. The van der Waals surface area contributed by atoms with Crippen molar-refractivity contribution in [2.75, 3.05) is 6.61 Å². The summed E-state index contributed by atoms with van der Waals surface area (Å²) < 4.78 is 7.34. The lowest BCUT2D eigenvalue weighted by Crippen LogP contribution is -2.18. The van der Waals surface area contributed by atoms with Gasteiger partial charge in [-0.15, -0.1) is 0 Å². The molecule has 1 fully saturated rings. The first kappa shape index (κ1) is 6.85. The van der Waals surface area contributed by atoms with Crippen molar-refractivity contribution in [2.24, 2.45) is 0 Å². The summed E-state index contributed by atoms with van der Waals surface area (Å²) in [6, 6.07) is 1.80. The van der Waals surface area contributed by atoms with E-state index in [1.54, 1.807) is 6.07 Å². The lowest BCUT2D eigenvalue weighted by atomic mass is 10.2. The fourth-order valence-corrected chi connectivity index (χ4v) is 1.34.